The zero-order chi connectivity index (χ0) is 46.7. The Morgan fingerprint density at radius 3 is 1.87 bits per heavy atom. The molecule has 2 heterocycles. The number of benzene rings is 1. The lowest BCUT2D eigenvalue weighted by molar-refractivity contribution is -0.387. The van der Waals surface area contributed by atoms with E-state index in [2.05, 4.69) is 6.58 Å². The van der Waals surface area contributed by atoms with Crippen molar-refractivity contribution in [2.75, 3.05) is 7.11 Å². The number of fused-ring (bicyclic) bond motifs is 2. The molecule has 2 saturated heterocycles. The van der Waals surface area contributed by atoms with Crippen molar-refractivity contribution in [2.24, 2.45) is 11.8 Å². The Hall–Kier alpha value is -3.89. The van der Waals surface area contributed by atoms with Gasteiger partial charge in [-0.3, -0.25) is 9.59 Å². The summed E-state index contributed by atoms with van der Waals surface area (Å²) in [5.74, 6) is -10.7. The molecule has 61 heavy (non-hydrogen) atoms. The van der Waals surface area contributed by atoms with Gasteiger partial charge in [-0.25, -0.2) is 14.4 Å². The second kappa shape index (κ2) is 18.8. The van der Waals surface area contributed by atoms with Crippen LogP contribution in [0.4, 0.5) is 0 Å². The Kier molecular flexibility index (Phi) is 15.9. The molecule has 9 atom stereocenters. The van der Waals surface area contributed by atoms with E-state index in [-0.39, 0.29) is 25.2 Å². The Morgan fingerprint density at radius 2 is 1.38 bits per heavy atom. The number of hydrogen-bond acceptors (Lipinski definition) is 15. The first-order chi connectivity index (χ1) is 27.8. The first-order valence-electron chi connectivity index (χ1n) is 20.9. The standard InChI is InChI=1S/C46H70O15/c1-18-27(2)36(48)55-34-33(56-43(15,16)53-17)44(25-24-28(3)32(54-30(5)47)29(4)26-31-22-20-19-21-23-31)57-35(37(49)58-40(6,7)8)45(52,38(50)59-41(9,10)11)46(34,61-44)39(51)60-42(12,13)14/h19-23,27,29,32-35,52H,3,18,24-26H2,1-2,4-17H3/t27-,29?,32?,33+,34+,35+,44+,45+,46+/m0/s1. The SMILES string of the molecule is C=C(CC[C@@]12O[C@H](C(=O)OC(C)(C)C)[C@@](O)(C(=O)OC(C)(C)C)[C@@](C(=O)OC(C)(C)C)(O1)[C@H](OC(=O)[C@@H](C)CC)[C@H]2OC(C)(C)OC)C(OC(C)=O)C(C)Cc1ccccc1. The second-order valence-corrected chi connectivity index (χ2v) is 19.6. The van der Waals surface area contributed by atoms with Crippen molar-refractivity contribution in [3.63, 3.8) is 0 Å². The summed E-state index contributed by atoms with van der Waals surface area (Å²) in [5.41, 5.74) is -9.13. The molecule has 0 spiro atoms. The summed E-state index contributed by atoms with van der Waals surface area (Å²) in [6.45, 7) is 27.7. The Bertz CT molecular complexity index is 1750. The number of hydrogen-bond donors (Lipinski definition) is 1. The number of carbonyl (C=O) groups is 5. The van der Waals surface area contributed by atoms with Crippen molar-refractivity contribution in [3.8, 4) is 0 Å². The number of aliphatic hydroxyl groups is 1. The van der Waals surface area contributed by atoms with Crippen LogP contribution in [0.1, 0.15) is 129 Å². The molecule has 2 aliphatic rings. The molecular formula is C46H70O15. The van der Waals surface area contributed by atoms with Crippen molar-refractivity contribution in [2.45, 2.75) is 194 Å². The van der Waals surface area contributed by atoms with Gasteiger partial charge in [0, 0.05) is 26.4 Å². The molecule has 2 bridgehead atoms. The molecule has 0 amide bonds. The van der Waals surface area contributed by atoms with Gasteiger partial charge < -0.3 is 47.7 Å². The second-order valence-electron chi connectivity index (χ2n) is 19.6. The molecule has 2 fully saturated rings. The summed E-state index contributed by atoms with van der Waals surface area (Å²) in [7, 11) is 1.35. The fourth-order valence-electron chi connectivity index (χ4n) is 7.21. The van der Waals surface area contributed by atoms with Crippen LogP contribution >= 0.6 is 0 Å². The van der Waals surface area contributed by atoms with Crippen molar-refractivity contribution in [3.05, 3.63) is 48.0 Å². The monoisotopic (exact) mass is 862 g/mol. The molecule has 2 unspecified atom stereocenters. The predicted molar refractivity (Wildman–Crippen MR) is 222 cm³/mol. The molecule has 0 aromatic heterocycles. The van der Waals surface area contributed by atoms with Crippen LogP contribution in [0.2, 0.25) is 0 Å². The summed E-state index contributed by atoms with van der Waals surface area (Å²) < 4.78 is 55.3. The van der Waals surface area contributed by atoms with Gasteiger partial charge in [-0.1, -0.05) is 57.7 Å². The van der Waals surface area contributed by atoms with Crippen molar-refractivity contribution in [1.82, 2.24) is 0 Å². The van der Waals surface area contributed by atoms with Gasteiger partial charge in [-0.15, -0.1) is 0 Å². The summed E-state index contributed by atoms with van der Waals surface area (Å²) in [5, 5.41) is 13.3. The summed E-state index contributed by atoms with van der Waals surface area (Å²) in [4.78, 5) is 71.2. The van der Waals surface area contributed by atoms with Crippen LogP contribution in [0.15, 0.2) is 42.5 Å². The van der Waals surface area contributed by atoms with Crippen LogP contribution in [0.3, 0.4) is 0 Å². The largest absolute Gasteiger partial charge is 0.458 e. The molecule has 1 aromatic carbocycles. The molecule has 3 rings (SSSR count). The third-order valence-electron chi connectivity index (χ3n) is 10.3. The minimum absolute atomic E-state index is 0.0906. The van der Waals surface area contributed by atoms with Crippen LogP contribution in [0.25, 0.3) is 0 Å². The lowest BCUT2D eigenvalue weighted by atomic mass is 9.74. The van der Waals surface area contributed by atoms with Crippen LogP contribution in [0.5, 0.6) is 0 Å². The van der Waals surface area contributed by atoms with Gasteiger partial charge in [0.1, 0.15) is 22.9 Å². The van der Waals surface area contributed by atoms with Crippen molar-refractivity contribution >= 4 is 29.8 Å². The van der Waals surface area contributed by atoms with Gasteiger partial charge in [0.25, 0.3) is 5.60 Å². The minimum atomic E-state index is -3.48. The fourth-order valence-corrected chi connectivity index (χ4v) is 7.21. The number of ether oxygens (including phenoxy) is 9. The van der Waals surface area contributed by atoms with Gasteiger partial charge in [0.2, 0.25) is 17.5 Å². The van der Waals surface area contributed by atoms with Gasteiger partial charge in [0.15, 0.2) is 18.0 Å². The van der Waals surface area contributed by atoms with E-state index < -0.39 is 99.8 Å². The molecule has 1 aromatic rings. The van der Waals surface area contributed by atoms with E-state index in [1.165, 1.54) is 48.7 Å². The highest BCUT2D eigenvalue weighted by Crippen LogP contribution is 2.59. The average Bonchev–Trinajstić information content (AvgIpc) is 3.34. The summed E-state index contributed by atoms with van der Waals surface area (Å²) in [6, 6.07) is 9.59. The van der Waals surface area contributed by atoms with E-state index >= 15 is 4.79 Å². The number of methoxy groups -OCH3 is 1. The lowest BCUT2D eigenvalue weighted by Crippen LogP contribution is -2.79. The molecule has 344 valence electrons. The summed E-state index contributed by atoms with van der Waals surface area (Å²) >= 11 is 0. The maximum atomic E-state index is 15.2. The van der Waals surface area contributed by atoms with E-state index in [1.54, 1.807) is 55.4 Å². The van der Waals surface area contributed by atoms with Gasteiger partial charge in [0.05, 0.1) is 5.92 Å². The van der Waals surface area contributed by atoms with E-state index in [9.17, 15) is 24.3 Å². The maximum absolute atomic E-state index is 15.2. The van der Waals surface area contributed by atoms with Gasteiger partial charge in [-0.2, -0.15) is 0 Å². The molecule has 0 aliphatic carbocycles. The van der Waals surface area contributed by atoms with Crippen molar-refractivity contribution in [1.29, 1.82) is 0 Å². The van der Waals surface area contributed by atoms with E-state index in [4.69, 9.17) is 42.6 Å². The number of esters is 5. The molecular weight excluding hydrogens is 792 g/mol. The zero-order valence-electron chi connectivity index (χ0n) is 39.0. The molecule has 15 heteroatoms. The molecule has 0 radical (unpaired) electrons. The average molecular weight is 863 g/mol. The predicted octanol–water partition coefficient (Wildman–Crippen LogP) is 6.48. The van der Waals surface area contributed by atoms with E-state index in [0.717, 1.165) is 5.56 Å². The molecule has 0 saturated carbocycles. The van der Waals surface area contributed by atoms with E-state index in [1.807, 2.05) is 37.3 Å². The first kappa shape index (κ1) is 51.5. The third-order valence-corrected chi connectivity index (χ3v) is 10.3. The number of rotatable bonds is 17. The number of carbonyl (C=O) groups excluding carboxylic acids is 5. The van der Waals surface area contributed by atoms with Gasteiger partial charge >= 0.3 is 29.8 Å². The van der Waals surface area contributed by atoms with Crippen LogP contribution in [0, 0.1) is 11.8 Å². The fraction of sp³-hybridized carbons (Fsp3) is 0.717. The lowest BCUT2D eigenvalue weighted by Gasteiger charge is -2.51. The normalized spacial score (nSPS) is 26.9. The minimum Gasteiger partial charge on any atom is -0.458 e. The van der Waals surface area contributed by atoms with Crippen LogP contribution in [-0.2, 0) is 73.0 Å². The first-order valence-corrected chi connectivity index (χ1v) is 20.9. The molecule has 1 N–H and O–H groups in total. The summed E-state index contributed by atoms with van der Waals surface area (Å²) in [6.07, 6.45) is -6.75. The Morgan fingerprint density at radius 1 is 0.836 bits per heavy atom. The van der Waals surface area contributed by atoms with E-state index in [0.29, 0.717) is 12.0 Å². The third kappa shape index (κ3) is 12.0. The molecule has 2 aliphatic heterocycles. The van der Waals surface area contributed by atoms with Crippen LogP contribution in [-0.4, -0.2) is 106 Å². The quantitative estimate of drug-likeness (QED) is 0.0775. The smallest absolute Gasteiger partial charge is 0.347 e. The maximum Gasteiger partial charge on any atom is 0.347 e. The van der Waals surface area contributed by atoms with Crippen molar-refractivity contribution < 1.29 is 71.7 Å². The Balaban J connectivity index is 2.48. The highest BCUT2D eigenvalue weighted by atomic mass is 16.8. The topological polar surface area (TPSA) is 189 Å². The zero-order valence-corrected chi connectivity index (χ0v) is 39.0. The highest BCUT2D eigenvalue weighted by Gasteiger charge is 2.87. The highest BCUT2D eigenvalue weighted by molar-refractivity contribution is 6.00. The van der Waals surface area contributed by atoms with Gasteiger partial charge in [-0.05, 0) is 107 Å². The molecule has 15 nitrogen and oxygen atoms in total. The van der Waals surface area contributed by atoms with Crippen LogP contribution < -0.4 is 0 Å². The Labute approximate surface area is 361 Å².